The molecule has 0 saturated carbocycles. The predicted molar refractivity (Wildman–Crippen MR) is 32.9 cm³/mol. The second kappa shape index (κ2) is 10.5. The second-order valence-corrected chi connectivity index (χ2v) is 1.68. The Balaban J connectivity index is -0.000000500. The number of carboxylic acid groups (broad SMARTS) is 2. The van der Waals surface area contributed by atoms with E-state index in [1.54, 1.807) is 6.92 Å². The van der Waals surface area contributed by atoms with Gasteiger partial charge < -0.3 is 19.8 Å². The van der Waals surface area contributed by atoms with Gasteiger partial charge in [-0.15, -0.1) is 0 Å². The molecule has 4 nitrogen and oxygen atoms in total. The maximum absolute atomic E-state index is 10.0. The van der Waals surface area contributed by atoms with E-state index in [1.807, 2.05) is 0 Å². The molecule has 60 valence electrons. The first-order valence-electron chi connectivity index (χ1n) is 2.85. The SMILES string of the molecule is CC=CC=C(C(=O)[O-])C(=O)[O-].[Na+].[Na+]. The molecule has 0 aliphatic rings. The molecule has 0 N–H and O–H groups in total. The van der Waals surface area contributed by atoms with Crippen LogP contribution in [0.5, 0.6) is 0 Å². The number of allylic oxidation sites excluding steroid dienone is 3. The molecule has 0 aliphatic carbocycles. The molecule has 0 radical (unpaired) electrons. The largest absolute Gasteiger partial charge is 1.00 e. The standard InChI is InChI=1S/C7H8O4.2Na/c1-2-3-4-5(6(8)9)7(10)11;;/h2-4H,1H3,(H,8,9)(H,10,11);;/q;2*+1/p-2. The van der Waals surface area contributed by atoms with Crippen LogP contribution in [0.4, 0.5) is 0 Å². The Morgan fingerprint density at radius 2 is 1.46 bits per heavy atom. The quantitative estimate of drug-likeness (QED) is 0.149. The molecule has 0 amide bonds. The molecule has 0 fully saturated rings. The average molecular weight is 200 g/mol. The van der Waals surface area contributed by atoms with Crippen molar-refractivity contribution in [2.75, 3.05) is 0 Å². The summed E-state index contributed by atoms with van der Waals surface area (Å²) in [7, 11) is 0. The fourth-order valence-electron chi connectivity index (χ4n) is 0.412. The van der Waals surface area contributed by atoms with Crippen molar-refractivity contribution in [3.8, 4) is 0 Å². The van der Waals surface area contributed by atoms with E-state index in [0.717, 1.165) is 6.08 Å². The summed E-state index contributed by atoms with van der Waals surface area (Å²) in [5.41, 5.74) is -0.858. The summed E-state index contributed by atoms with van der Waals surface area (Å²) in [4.78, 5) is 20.0. The van der Waals surface area contributed by atoms with Crippen LogP contribution in [-0.2, 0) is 9.59 Å². The maximum atomic E-state index is 10.0. The molecular formula is C7H6Na2O4. The first-order chi connectivity index (χ1) is 5.09. The van der Waals surface area contributed by atoms with Crippen LogP contribution in [0.15, 0.2) is 23.8 Å². The average Bonchev–Trinajstić information content (AvgIpc) is 1.87. The zero-order valence-corrected chi connectivity index (χ0v) is 11.9. The van der Waals surface area contributed by atoms with Gasteiger partial charge in [0.25, 0.3) is 0 Å². The zero-order chi connectivity index (χ0) is 8.85. The number of carbonyl (C=O) groups excluding carboxylic acids is 2. The van der Waals surface area contributed by atoms with Gasteiger partial charge in [0, 0.05) is 5.57 Å². The number of hydrogen-bond acceptors (Lipinski definition) is 4. The molecule has 0 saturated heterocycles. The summed E-state index contributed by atoms with van der Waals surface area (Å²) < 4.78 is 0. The minimum absolute atomic E-state index is 0. The Morgan fingerprint density at radius 1 is 1.08 bits per heavy atom. The number of rotatable bonds is 3. The summed E-state index contributed by atoms with van der Waals surface area (Å²) in [6.45, 7) is 1.62. The third-order valence-corrected chi connectivity index (χ3v) is 0.895. The van der Waals surface area contributed by atoms with E-state index in [1.165, 1.54) is 12.2 Å². The van der Waals surface area contributed by atoms with Crippen molar-refractivity contribution >= 4 is 11.9 Å². The van der Waals surface area contributed by atoms with Gasteiger partial charge in [-0.05, 0) is 6.92 Å². The Morgan fingerprint density at radius 3 is 1.69 bits per heavy atom. The van der Waals surface area contributed by atoms with Gasteiger partial charge in [-0.1, -0.05) is 18.2 Å². The van der Waals surface area contributed by atoms with Crippen LogP contribution in [0.3, 0.4) is 0 Å². The fourth-order valence-corrected chi connectivity index (χ4v) is 0.412. The molecular weight excluding hydrogens is 194 g/mol. The summed E-state index contributed by atoms with van der Waals surface area (Å²) in [6, 6.07) is 0. The van der Waals surface area contributed by atoms with E-state index in [-0.39, 0.29) is 59.1 Å². The normalized spacial score (nSPS) is 8.08. The molecule has 0 spiro atoms. The number of carboxylic acids is 2. The monoisotopic (exact) mass is 200 g/mol. The van der Waals surface area contributed by atoms with Crippen molar-refractivity contribution in [1.82, 2.24) is 0 Å². The number of carbonyl (C=O) groups is 2. The summed E-state index contributed by atoms with van der Waals surface area (Å²) in [5.74, 6) is -3.49. The summed E-state index contributed by atoms with van der Waals surface area (Å²) in [6.07, 6.45) is 3.68. The van der Waals surface area contributed by atoms with Crippen molar-refractivity contribution in [2.24, 2.45) is 0 Å². The molecule has 0 aromatic carbocycles. The number of aliphatic carboxylic acids is 2. The van der Waals surface area contributed by atoms with Gasteiger partial charge in [-0.2, -0.15) is 0 Å². The Bertz CT molecular complexity index is 217. The van der Waals surface area contributed by atoms with E-state index in [4.69, 9.17) is 0 Å². The van der Waals surface area contributed by atoms with Crippen molar-refractivity contribution < 1.29 is 78.9 Å². The number of hydrogen-bond donors (Lipinski definition) is 0. The van der Waals surface area contributed by atoms with E-state index in [2.05, 4.69) is 0 Å². The van der Waals surface area contributed by atoms with Gasteiger partial charge in [0.2, 0.25) is 0 Å². The van der Waals surface area contributed by atoms with E-state index in [9.17, 15) is 19.8 Å². The van der Waals surface area contributed by atoms with Crippen LogP contribution in [0.1, 0.15) is 6.92 Å². The summed E-state index contributed by atoms with van der Waals surface area (Å²) in [5, 5.41) is 20.0. The van der Waals surface area contributed by atoms with E-state index in [0.29, 0.717) is 0 Å². The molecule has 0 rings (SSSR count). The van der Waals surface area contributed by atoms with Crippen LogP contribution in [0.25, 0.3) is 0 Å². The first-order valence-corrected chi connectivity index (χ1v) is 2.85. The topological polar surface area (TPSA) is 80.3 Å². The van der Waals surface area contributed by atoms with Gasteiger partial charge in [0.05, 0.1) is 11.9 Å². The third-order valence-electron chi connectivity index (χ3n) is 0.895. The Hall–Kier alpha value is 0.420. The van der Waals surface area contributed by atoms with Gasteiger partial charge in [0.1, 0.15) is 0 Å². The zero-order valence-electron chi connectivity index (χ0n) is 7.87. The van der Waals surface area contributed by atoms with Gasteiger partial charge in [0.15, 0.2) is 0 Å². The Kier molecular flexibility index (Phi) is 15.4. The Labute approximate surface area is 120 Å². The van der Waals surface area contributed by atoms with Gasteiger partial charge >= 0.3 is 59.1 Å². The predicted octanol–water partition coefficient (Wildman–Crippen LogP) is -8.00. The van der Waals surface area contributed by atoms with E-state index < -0.39 is 17.5 Å². The molecule has 6 heteroatoms. The van der Waals surface area contributed by atoms with Crippen LogP contribution in [0.2, 0.25) is 0 Å². The smallest absolute Gasteiger partial charge is 0.545 e. The second-order valence-electron chi connectivity index (χ2n) is 1.68. The van der Waals surface area contributed by atoms with Crippen LogP contribution in [0, 0.1) is 0 Å². The summed E-state index contributed by atoms with van der Waals surface area (Å²) >= 11 is 0. The maximum Gasteiger partial charge on any atom is 1.00 e. The molecule has 0 heterocycles. The minimum atomic E-state index is -1.75. The van der Waals surface area contributed by atoms with Crippen molar-refractivity contribution in [3.05, 3.63) is 23.8 Å². The van der Waals surface area contributed by atoms with Crippen molar-refractivity contribution in [1.29, 1.82) is 0 Å². The first kappa shape index (κ1) is 19.1. The molecule has 0 unspecified atom stereocenters. The van der Waals surface area contributed by atoms with Crippen molar-refractivity contribution in [3.63, 3.8) is 0 Å². The third kappa shape index (κ3) is 8.74. The minimum Gasteiger partial charge on any atom is -0.545 e. The molecule has 13 heavy (non-hydrogen) atoms. The van der Waals surface area contributed by atoms with Gasteiger partial charge in [-0.3, -0.25) is 0 Å². The molecule has 0 bridgehead atoms. The molecule has 0 atom stereocenters. The van der Waals surface area contributed by atoms with Crippen LogP contribution in [-0.4, -0.2) is 11.9 Å². The molecule has 0 aliphatic heterocycles. The molecule has 0 aromatic rings. The van der Waals surface area contributed by atoms with E-state index >= 15 is 0 Å². The van der Waals surface area contributed by atoms with Crippen LogP contribution < -0.4 is 69.3 Å². The van der Waals surface area contributed by atoms with Gasteiger partial charge in [-0.25, -0.2) is 0 Å². The fraction of sp³-hybridized carbons (Fsp3) is 0.143. The van der Waals surface area contributed by atoms with Crippen LogP contribution >= 0.6 is 0 Å². The molecule has 0 aromatic heterocycles. The van der Waals surface area contributed by atoms with Crippen molar-refractivity contribution in [2.45, 2.75) is 6.92 Å².